The Morgan fingerprint density at radius 2 is 2.13 bits per heavy atom. The average molecular weight is 418 g/mol. The summed E-state index contributed by atoms with van der Waals surface area (Å²) in [6.07, 6.45) is 5.29. The van der Waals surface area contributed by atoms with Crippen LogP contribution in [0.4, 0.5) is 5.95 Å². The van der Waals surface area contributed by atoms with Gasteiger partial charge in [0.2, 0.25) is 11.8 Å². The lowest BCUT2D eigenvalue weighted by molar-refractivity contribution is 0.454. The second kappa shape index (κ2) is 7.38. The van der Waals surface area contributed by atoms with Crippen molar-refractivity contribution in [2.75, 3.05) is 5.32 Å². The summed E-state index contributed by atoms with van der Waals surface area (Å²) < 4.78 is 1.58. The van der Waals surface area contributed by atoms with Crippen LogP contribution in [0.3, 0.4) is 0 Å². The molecule has 1 saturated carbocycles. The predicted molar refractivity (Wildman–Crippen MR) is 114 cm³/mol. The first-order valence-corrected chi connectivity index (χ1v) is 10.1. The van der Waals surface area contributed by atoms with Crippen LogP contribution in [0.1, 0.15) is 35.2 Å². The number of H-pyrrole nitrogens is 2. The Bertz CT molecular complexity index is 1460. The Labute approximate surface area is 176 Å². The molecule has 31 heavy (non-hydrogen) atoms. The lowest BCUT2D eigenvalue weighted by Gasteiger charge is -2.09. The van der Waals surface area contributed by atoms with Crippen LogP contribution >= 0.6 is 0 Å². The van der Waals surface area contributed by atoms with Crippen molar-refractivity contribution in [1.82, 2.24) is 29.5 Å². The molecular weight excluding hydrogens is 396 g/mol. The van der Waals surface area contributed by atoms with Gasteiger partial charge in [0.25, 0.3) is 5.62 Å². The Morgan fingerprint density at radius 1 is 1.29 bits per heavy atom. The molecule has 5 rings (SSSR count). The van der Waals surface area contributed by atoms with Crippen molar-refractivity contribution in [2.24, 2.45) is 4.99 Å². The standard InChI is InChI=1S/C21H22N8O2/c1-11-3-4-12(2)13(7-11)9-22-19-26-17-14(8-16-18(30)27-21(31)25-16)10-23-29(17)20(28-19)24-15-5-6-15/h3-4,7-8,10,15,30H,5-6,9H2,1-2H3,(H,22,24,28)(H2,25,27,31)/b14-8+. The maximum absolute atomic E-state index is 11.4. The highest BCUT2D eigenvalue weighted by molar-refractivity contribution is 5.57. The van der Waals surface area contributed by atoms with Crippen molar-refractivity contribution in [1.29, 1.82) is 0 Å². The molecule has 4 N–H and O–H groups in total. The smallest absolute Gasteiger partial charge is 0.326 e. The highest BCUT2D eigenvalue weighted by atomic mass is 16.3. The minimum absolute atomic E-state index is 0.241. The Kier molecular flexibility index (Phi) is 4.54. The molecule has 3 aromatic heterocycles. The van der Waals surface area contributed by atoms with Crippen molar-refractivity contribution in [3.63, 3.8) is 0 Å². The monoisotopic (exact) mass is 418 g/mol. The average Bonchev–Trinajstić information content (AvgIpc) is 3.37. The van der Waals surface area contributed by atoms with Crippen molar-refractivity contribution >= 4 is 17.7 Å². The van der Waals surface area contributed by atoms with Crippen LogP contribution in [0.2, 0.25) is 0 Å². The van der Waals surface area contributed by atoms with Crippen molar-refractivity contribution in [2.45, 2.75) is 39.3 Å². The largest absolute Gasteiger partial charge is 0.493 e. The van der Waals surface area contributed by atoms with Crippen LogP contribution in [-0.2, 0) is 6.54 Å². The number of aryl methyl sites for hydroxylation is 2. The van der Waals surface area contributed by atoms with Gasteiger partial charge in [-0.1, -0.05) is 23.8 Å². The first-order chi connectivity index (χ1) is 15.0. The number of nitrogens with zero attached hydrogens (tertiary/aromatic N) is 5. The van der Waals surface area contributed by atoms with Gasteiger partial charge in [-0.3, -0.25) is 4.98 Å². The molecule has 0 bridgehead atoms. The van der Waals surface area contributed by atoms with Gasteiger partial charge in [0, 0.05) is 11.8 Å². The van der Waals surface area contributed by atoms with E-state index < -0.39 is 5.69 Å². The summed E-state index contributed by atoms with van der Waals surface area (Å²) in [6, 6.07) is 6.58. The molecule has 0 unspecified atom stereocenters. The molecule has 10 nitrogen and oxygen atoms in total. The molecule has 4 aromatic rings. The van der Waals surface area contributed by atoms with Gasteiger partial charge in [0.1, 0.15) is 5.69 Å². The summed E-state index contributed by atoms with van der Waals surface area (Å²) in [4.78, 5) is 30.2. The summed E-state index contributed by atoms with van der Waals surface area (Å²) in [5, 5.41) is 18.2. The maximum Gasteiger partial charge on any atom is 0.326 e. The zero-order valence-electron chi connectivity index (χ0n) is 17.2. The molecule has 0 atom stereocenters. The van der Waals surface area contributed by atoms with Gasteiger partial charge in [0.05, 0.1) is 12.2 Å². The van der Waals surface area contributed by atoms with Crippen LogP contribution in [-0.4, -0.2) is 40.7 Å². The maximum atomic E-state index is 11.4. The number of anilines is 1. The molecule has 3 heterocycles. The molecule has 0 spiro atoms. The quantitative estimate of drug-likeness (QED) is 0.376. The van der Waals surface area contributed by atoms with Crippen molar-refractivity contribution in [3.8, 4) is 5.88 Å². The summed E-state index contributed by atoms with van der Waals surface area (Å²) in [5.74, 6) is 0.198. The van der Waals surface area contributed by atoms with Crippen LogP contribution < -0.4 is 21.8 Å². The van der Waals surface area contributed by atoms with Gasteiger partial charge in [-0.25, -0.2) is 9.79 Å². The number of aromatic hydroxyl groups is 1. The van der Waals surface area contributed by atoms with Crippen molar-refractivity contribution < 1.29 is 5.11 Å². The number of hydrogen-bond donors (Lipinski definition) is 4. The van der Waals surface area contributed by atoms with Crippen molar-refractivity contribution in [3.05, 3.63) is 68.1 Å². The van der Waals surface area contributed by atoms with Gasteiger partial charge < -0.3 is 15.4 Å². The van der Waals surface area contributed by atoms with Gasteiger partial charge in [-0.2, -0.15) is 19.6 Å². The normalized spacial score (nSPS) is 15.2. The van der Waals surface area contributed by atoms with Crippen LogP contribution in [0.25, 0.3) is 11.7 Å². The third-order valence-electron chi connectivity index (χ3n) is 5.20. The van der Waals surface area contributed by atoms with Crippen LogP contribution in [0, 0.1) is 13.8 Å². The van der Waals surface area contributed by atoms with Crippen LogP contribution in [0.5, 0.6) is 5.88 Å². The molecule has 10 heteroatoms. The second-order valence-corrected chi connectivity index (χ2v) is 7.81. The molecule has 0 radical (unpaired) electrons. The SMILES string of the molecule is Cc1ccc(C)c(CNc2nc(=NC3CC3)n3nc/c(=C\c4[nH]c(=O)[nH]c4O)c3n2)c1. The number of benzene rings is 1. The minimum Gasteiger partial charge on any atom is -0.493 e. The van der Waals surface area contributed by atoms with E-state index in [9.17, 15) is 9.90 Å². The Hall–Kier alpha value is -3.95. The van der Waals surface area contributed by atoms with E-state index in [0.717, 1.165) is 12.8 Å². The first-order valence-electron chi connectivity index (χ1n) is 10.1. The summed E-state index contributed by atoms with van der Waals surface area (Å²) in [6.45, 7) is 4.71. The number of hydrogen-bond acceptors (Lipinski definition) is 7. The fourth-order valence-corrected chi connectivity index (χ4v) is 3.32. The highest BCUT2D eigenvalue weighted by Crippen LogP contribution is 2.22. The third-order valence-corrected chi connectivity index (χ3v) is 5.20. The number of rotatable bonds is 5. The van der Waals surface area contributed by atoms with E-state index in [-0.39, 0.29) is 17.6 Å². The van der Waals surface area contributed by atoms with Crippen LogP contribution in [0.15, 0.2) is 34.2 Å². The van der Waals surface area contributed by atoms with Gasteiger partial charge in [0.15, 0.2) is 5.65 Å². The Morgan fingerprint density at radius 3 is 2.87 bits per heavy atom. The highest BCUT2D eigenvalue weighted by Gasteiger charge is 2.21. The third kappa shape index (κ3) is 3.91. The lowest BCUT2D eigenvalue weighted by atomic mass is 10.1. The first kappa shape index (κ1) is 19.0. The number of fused-ring (bicyclic) bond motifs is 1. The van der Waals surface area contributed by atoms with Gasteiger partial charge in [-0.15, -0.1) is 0 Å². The fraction of sp³-hybridized carbons (Fsp3) is 0.286. The number of nitrogens with one attached hydrogen (secondary N) is 3. The van der Waals surface area contributed by atoms with E-state index in [1.165, 1.54) is 16.7 Å². The molecule has 1 fully saturated rings. The molecule has 0 aliphatic heterocycles. The van der Waals surface area contributed by atoms with E-state index >= 15 is 0 Å². The number of aromatic nitrogens is 6. The van der Waals surface area contributed by atoms with Gasteiger partial charge in [-0.05, 0) is 43.9 Å². The Balaban J connectivity index is 1.59. The predicted octanol–water partition coefficient (Wildman–Crippen LogP) is 0.686. The molecule has 158 valence electrons. The molecule has 1 aliphatic carbocycles. The summed E-state index contributed by atoms with van der Waals surface area (Å²) in [7, 11) is 0. The van der Waals surface area contributed by atoms with Gasteiger partial charge >= 0.3 is 5.69 Å². The molecular formula is C21H22N8O2. The fourth-order valence-electron chi connectivity index (χ4n) is 3.32. The van der Waals surface area contributed by atoms with E-state index in [1.54, 1.807) is 16.8 Å². The molecule has 0 amide bonds. The summed E-state index contributed by atoms with van der Waals surface area (Å²) in [5.41, 5.74) is 4.31. The zero-order valence-corrected chi connectivity index (χ0v) is 17.2. The second-order valence-electron chi connectivity index (χ2n) is 7.81. The zero-order chi connectivity index (χ0) is 21.5. The number of imidazole rings is 1. The lowest BCUT2D eigenvalue weighted by Crippen LogP contribution is -2.24. The summed E-state index contributed by atoms with van der Waals surface area (Å²) >= 11 is 0. The molecule has 1 aromatic carbocycles. The van der Waals surface area contributed by atoms with E-state index in [4.69, 9.17) is 0 Å². The number of aromatic amines is 2. The molecule has 1 aliphatic rings. The van der Waals surface area contributed by atoms with E-state index in [0.29, 0.717) is 29.0 Å². The topological polar surface area (TPSA) is 136 Å². The van der Waals surface area contributed by atoms with E-state index in [2.05, 4.69) is 67.4 Å². The van der Waals surface area contributed by atoms with E-state index in [1.807, 2.05) is 0 Å². The minimum atomic E-state index is -0.491. The molecule has 0 saturated heterocycles.